The van der Waals surface area contributed by atoms with Gasteiger partial charge in [0.2, 0.25) is 0 Å². The lowest BCUT2D eigenvalue weighted by molar-refractivity contribution is 0.456. The Kier molecular flexibility index (Phi) is 3.05. The number of halogens is 1. The third-order valence-electron chi connectivity index (χ3n) is 3.88. The van der Waals surface area contributed by atoms with Crippen LogP contribution in [0.5, 0.6) is 0 Å². The Hall–Kier alpha value is -0.310. The van der Waals surface area contributed by atoms with Crippen molar-refractivity contribution in [1.29, 1.82) is 0 Å². The first-order chi connectivity index (χ1) is 7.83. The normalized spacial score (nSPS) is 33.7. The van der Waals surface area contributed by atoms with E-state index in [9.17, 15) is 0 Å². The maximum atomic E-state index is 5.91. The van der Waals surface area contributed by atoms with Crippen molar-refractivity contribution in [3.8, 4) is 0 Å². The van der Waals surface area contributed by atoms with Crippen molar-refractivity contribution in [2.24, 2.45) is 11.8 Å². The van der Waals surface area contributed by atoms with Crippen LogP contribution in [0.1, 0.15) is 24.8 Å². The first kappa shape index (κ1) is 10.8. The number of thiophene rings is 1. The van der Waals surface area contributed by atoms with Crippen LogP contribution in [0.4, 0.5) is 0 Å². The highest BCUT2D eigenvalue weighted by Gasteiger charge is 2.37. The van der Waals surface area contributed by atoms with Gasteiger partial charge in [-0.3, -0.25) is 0 Å². The third-order valence-corrected chi connectivity index (χ3v) is 4.99. The van der Waals surface area contributed by atoms with Gasteiger partial charge in [0, 0.05) is 6.04 Å². The van der Waals surface area contributed by atoms with Gasteiger partial charge in [0.05, 0.1) is 4.34 Å². The Balaban J connectivity index is 1.68. The molecule has 3 unspecified atom stereocenters. The molecular formula is C13H16ClNS. The van der Waals surface area contributed by atoms with Crippen molar-refractivity contribution in [2.75, 3.05) is 6.54 Å². The minimum Gasteiger partial charge on any atom is -0.310 e. The number of rotatable bonds is 2. The van der Waals surface area contributed by atoms with Gasteiger partial charge in [0.25, 0.3) is 0 Å². The van der Waals surface area contributed by atoms with Gasteiger partial charge in [-0.1, -0.05) is 30.2 Å². The summed E-state index contributed by atoms with van der Waals surface area (Å²) in [5.41, 5.74) is 1.23. The van der Waals surface area contributed by atoms with Crippen molar-refractivity contribution in [2.45, 2.75) is 25.3 Å². The fraction of sp³-hybridized carbons (Fsp3) is 0.538. The molecule has 1 nitrogen and oxygen atoms in total. The lowest BCUT2D eigenvalue weighted by atomic mass is 9.94. The van der Waals surface area contributed by atoms with Crippen LogP contribution < -0.4 is 5.32 Å². The van der Waals surface area contributed by atoms with Gasteiger partial charge in [-0.25, -0.2) is 0 Å². The summed E-state index contributed by atoms with van der Waals surface area (Å²) in [5, 5.41) is 5.73. The molecule has 16 heavy (non-hydrogen) atoms. The quantitative estimate of drug-likeness (QED) is 0.845. The van der Waals surface area contributed by atoms with Crippen LogP contribution in [0, 0.1) is 11.8 Å². The molecule has 1 aliphatic heterocycles. The summed E-state index contributed by atoms with van der Waals surface area (Å²) >= 11 is 7.51. The van der Waals surface area contributed by atoms with Crippen LogP contribution >= 0.6 is 22.9 Å². The van der Waals surface area contributed by atoms with Gasteiger partial charge in [-0.15, -0.1) is 11.3 Å². The molecule has 1 aromatic rings. The first-order valence-corrected chi connectivity index (χ1v) is 7.24. The molecule has 3 atom stereocenters. The van der Waals surface area contributed by atoms with E-state index in [1.807, 2.05) is 6.07 Å². The highest BCUT2D eigenvalue weighted by atomic mass is 35.5. The molecule has 1 aromatic heterocycles. The van der Waals surface area contributed by atoms with Crippen LogP contribution in [0.2, 0.25) is 4.34 Å². The van der Waals surface area contributed by atoms with Crippen molar-refractivity contribution in [1.82, 2.24) is 5.32 Å². The van der Waals surface area contributed by atoms with E-state index in [-0.39, 0.29) is 0 Å². The van der Waals surface area contributed by atoms with Gasteiger partial charge in [0.1, 0.15) is 0 Å². The molecule has 86 valence electrons. The summed E-state index contributed by atoms with van der Waals surface area (Å²) in [6.07, 6.45) is 8.78. The molecule has 3 rings (SSSR count). The molecule has 0 bridgehead atoms. The summed E-state index contributed by atoms with van der Waals surface area (Å²) in [5.74, 6) is 1.81. The fourth-order valence-electron chi connectivity index (χ4n) is 3.07. The highest BCUT2D eigenvalue weighted by Crippen LogP contribution is 2.38. The van der Waals surface area contributed by atoms with Gasteiger partial charge in [0.15, 0.2) is 0 Å². The minimum absolute atomic E-state index is 0.589. The zero-order valence-electron chi connectivity index (χ0n) is 9.16. The molecule has 2 aliphatic rings. The fourth-order valence-corrected chi connectivity index (χ4v) is 3.93. The molecule has 1 saturated carbocycles. The van der Waals surface area contributed by atoms with Gasteiger partial charge >= 0.3 is 0 Å². The maximum Gasteiger partial charge on any atom is 0.0934 e. The van der Waals surface area contributed by atoms with Gasteiger partial charge < -0.3 is 5.32 Å². The van der Waals surface area contributed by atoms with E-state index in [4.69, 9.17) is 11.6 Å². The predicted molar refractivity (Wildman–Crippen MR) is 71.0 cm³/mol. The summed E-state index contributed by atoms with van der Waals surface area (Å²) in [7, 11) is 0. The summed E-state index contributed by atoms with van der Waals surface area (Å²) in [6.45, 7) is 1.21. The number of fused-ring (bicyclic) bond motifs is 1. The molecule has 0 spiro atoms. The zero-order valence-corrected chi connectivity index (χ0v) is 10.7. The Morgan fingerprint density at radius 1 is 1.44 bits per heavy atom. The summed E-state index contributed by atoms with van der Waals surface area (Å²) in [4.78, 5) is 0. The molecule has 1 N–H and O–H groups in total. The highest BCUT2D eigenvalue weighted by molar-refractivity contribution is 7.14. The molecule has 0 radical (unpaired) electrons. The van der Waals surface area contributed by atoms with Crippen molar-refractivity contribution in [3.63, 3.8) is 0 Å². The van der Waals surface area contributed by atoms with Crippen LogP contribution in [-0.2, 0) is 0 Å². The summed E-state index contributed by atoms with van der Waals surface area (Å²) in [6, 6.07) is 2.62. The standard InChI is InChI=1S/C13H16ClNS/c14-13-6-9(8-16-13)4-5-12-11-3-1-2-10(11)7-15-12/h4-6,8,10-12,15H,1-3,7H2/b5-4+. The lowest BCUT2D eigenvalue weighted by Gasteiger charge is -2.13. The van der Waals surface area contributed by atoms with Gasteiger partial charge in [-0.05, 0) is 48.2 Å². The van der Waals surface area contributed by atoms with E-state index >= 15 is 0 Å². The smallest absolute Gasteiger partial charge is 0.0934 e. The van der Waals surface area contributed by atoms with E-state index in [2.05, 4.69) is 22.8 Å². The monoisotopic (exact) mass is 253 g/mol. The average Bonchev–Trinajstić information content (AvgIpc) is 2.91. The van der Waals surface area contributed by atoms with E-state index in [0.29, 0.717) is 6.04 Å². The second kappa shape index (κ2) is 4.52. The first-order valence-electron chi connectivity index (χ1n) is 5.98. The van der Waals surface area contributed by atoms with Crippen LogP contribution in [-0.4, -0.2) is 12.6 Å². The predicted octanol–water partition coefficient (Wildman–Crippen LogP) is 3.80. The molecule has 2 heterocycles. The van der Waals surface area contributed by atoms with Crippen LogP contribution in [0.3, 0.4) is 0 Å². The Morgan fingerprint density at radius 3 is 3.19 bits per heavy atom. The molecule has 1 aliphatic carbocycles. The second-order valence-corrected chi connectivity index (χ2v) is 6.37. The number of hydrogen-bond donors (Lipinski definition) is 1. The molecule has 2 fully saturated rings. The Bertz CT molecular complexity index is 398. The zero-order chi connectivity index (χ0) is 11.0. The van der Waals surface area contributed by atoms with Crippen molar-refractivity contribution < 1.29 is 0 Å². The van der Waals surface area contributed by atoms with Crippen molar-refractivity contribution >= 4 is 29.0 Å². The molecule has 1 saturated heterocycles. The van der Waals surface area contributed by atoms with Crippen LogP contribution in [0.25, 0.3) is 6.08 Å². The lowest BCUT2D eigenvalue weighted by Crippen LogP contribution is -2.23. The largest absolute Gasteiger partial charge is 0.310 e. The third kappa shape index (κ3) is 2.06. The van der Waals surface area contributed by atoms with Crippen LogP contribution in [0.15, 0.2) is 17.5 Å². The molecule has 0 aromatic carbocycles. The van der Waals surface area contributed by atoms with Gasteiger partial charge in [-0.2, -0.15) is 0 Å². The van der Waals surface area contributed by atoms with E-state index in [0.717, 1.165) is 16.2 Å². The Labute approximate surface area is 106 Å². The van der Waals surface area contributed by atoms with Crippen molar-refractivity contribution in [3.05, 3.63) is 27.4 Å². The molecule has 0 amide bonds. The molecule has 3 heteroatoms. The summed E-state index contributed by atoms with van der Waals surface area (Å²) < 4.78 is 0.873. The SMILES string of the molecule is Clc1cc(/C=C/C2NCC3CCCC32)cs1. The Morgan fingerprint density at radius 2 is 2.38 bits per heavy atom. The minimum atomic E-state index is 0.589. The topological polar surface area (TPSA) is 12.0 Å². The molecular weight excluding hydrogens is 238 g/mol. The number of hydrogen-bond acceptors (Lipinski definition) is 2. The number of nitrogens with one attached hydrogen (secondary N) is 1. The van der Waals surface area contributed by atoms with E-state index < -0.39 is 0 Å². The van der Waals surface area contributed by atoms with E-state index in [1.165, 1.54) is 31.4 Å². The maximum absolute atomic E-state index is 5.91. The van der Waals surface area contributed by atoms with E-state index in [1.54, 1.807) is 11.3 Å². The average molecular weight is 254 g/mol. The second-order valence-electron chi connectivity index (χ2n) is 4.83.